The highest BCUT2D eigenvalue weighted by Crippen LogP contribution is 2.42. The summed E-state index contributed by atoms with van der Waals surface area (Å²) in [6.45, 7) is -3.32. The van der Waals surface area contributed by atoms with Gasteiger partial charge in [-0.3, -0.25) is 4.74 Å². The van der Waals surface area contributed by atoms with E-state index in [0.717, 1.165) is 0 Å². The lowest BCUT2D eigenvalue weighted by Crippen LogP contribution is -2.29. The van der Waals surface area contributed by atoms with E-state index in [1.807, 2.05) is 0 Å². The van der Waals surface area contributed by atoms with Gasteiger partial charge in [0.1, 0.15) is 0 Å². The van der Waals surface area contributed by atoms with Gasteiger partial charge in [-0.05, 0) is 12.8 Å². The van der Waals surface area contributed by atoms with Crippen molar-refractivity contribution in [1.82, 2.24) is 0 Å². The summed E-state index contributed by atoms with van der Waals surface area (Å²) in [6, 6.07) is -3.37. The average molecular weight is 155 g/mol. The van der Waals surface area contributed by atoms with Gasteiger partial charge in [-0.1, -0.05) is 0 Å². The second kappa shape index (κ2) is 2.39. The number of hydrogen-bond donors (Lipinski definition) is 0. The molecule has 0 amide bonds. The Morgan fingerprint density at radius 1 is 1.50 bits per heavy atom. The number of halogens is 3. The maximum Gasteiger partial charge on any atom is 0.354 e. The standard InChI is InChI=1S/C5H6F3O2/c6-4(7)10-5(8,9)3-1-2-3/h3-4H,1-2H2. The zero-order valence-electron chi connectivity index (χ0n) is 5.02. The van der Waals surface area contributed by atoms with E-state index in [9.17, 15) is 18.3 Å². The smallest absolute Gasteiger partial charge is 0.259 e. The average Bonchev–Trinajstić information content (AvgIpc) is 2.35. The van der Waals surface area contributed by atoms with Crippen molar-refractivity contribution in [3.05, 3.63) is 0 Å². The lowest BCUT2D eigenvalue weighted by atomic mass is 10.4. The van der Waals surface area contributed by atoms with Gasteiger partial charge in [0.2, 0.25) is 0 Å². The first-order valence-electron chi connectivity index (χ1n) is 2.87. The van der Waals surface area contributed by atoms with Gasteiger partial charge in [0.15, 0.2) is 0 Å². The molecule has 0 aromatic heterocycles. The first-order valence-corrected chi connectivity index (χ1v) is 2.87. The fraction of sp³-hybridized carbons (Fsp3) is 1.00. The summed E-state index contributed by atoms with van der Waals surface area (Å²) in [5.74, 6) is -0.874. The third-order valence-electron chi connectivity index (χ3n) is 1.31. The molecule has 0 aromatic rings. The summed E-state index contributed by atoms with van der Waals surface area (Å²) < 4.78 is 38.0. The summed E-state index contributed by atoms with van der Waals surface area (Å²) >= 11 is 0. The number of rotatable bonds is 3. The van der Waals surface area contributed by atoms with Crippen LogP contribution in [0.3, 0.4) is 0 Å². The van der Waals surface area contributed by atoms with Gasteiger partial charge < -0.3 is 0 Å². The fourth-order valence-corrected chi connectivity index (χ4v) is 0.646. The van der Waals surface area contributed by atoms with Gasteiger partial charge >= 0.3 is 12.7 Å². The maximum absolute atomic E-state index is 12.3. The SMILES string of the molecule is [O]C(F)(OC(F)F)C1CC1. The van der Waals surface area contributed by atoms with Crippen molar-refractivity contribution in [1.29, 1.82) is 0 Å². The van der Waals surface area contributed by atoms with E-state index in [2.05, 4.69) is 4.74 Å². The summed E-state index contributed by atoms with van der Waals surface area (Å²) in [4.78, 5) is 0. The van der Waals surface area contributed by atoms with Crippen LogP contribution in [-0.2, 0) is 9.84 Å². The van der Waals surface area contributed by atoms with Crippen LogP contribution in [0.1, 0.15) is 12.8 Å². The summed E-state index contributed by atoms with van der Waals surface area (Å²) in [7, 11) is 0. The van der Waals surface area contributed by atoms with Gasteiger partial charge in [-0.15, -0.1) is 0 Å². The van der Waals surface area contributed by atoms with Crippen LogP contribution in [-0.4, -0.2) is 12.7 Å². The Hall–Kier alpha value is -0.290. The predicted octanol–water partition coefficient (Wildman–Crippen LogP) is 1.69. The van der Waals surface area contributed by atoms with Gasteiger partial charge in [0, 0.05) is 5.92 Å². The highest BCUT2D eigenvalue weighted by molar-refractivity contribution is 4.80. The molecule has 2 nitrogen and oxygen atoms in total. The normalized spacial score (nSPS) is 24.9. The molecule has 10 heavy (non-hydrogen) atoms. The molecule has 5 heteroatoms. The van der Waals surface area contributed by atoms with E-state index in [1.54, 1.807) is 0 Å². The molecular weight excluding hydrogens is 149 g/mol. The quantitative estimate of drug-likeness (QED) is 0.570. The molecule has 59 valence electrons. The molecule has 0 heterocycles. The Kier molecular flexibility index (Phi) is 1.87. The zero-order chi connectivity index (χ0) is 7.78. The van der Waals surface area contributed by atoms with Gasteiger partial charge in [0.25, 0.3) is 0 Å². The molecule has 0 aliphatic heterocycles. The fourth-order valence-electron chi connectivity index (χ4n) is 0.646. The molecule has 1 saturated carbocycles. The van der Waals surface area contributed by atoms with Crippen LogP contribution in [0.2, 0.25) is 0 Å². The van der Waals surface area contributed by atoms with Gasteiger partial charge in [-0.2, -0.15) is 18.3 Å². The Bertz CT molecular complexity index is 122. The van der Waals surface area contributed by atoms with Crippen LogP contribution in [0.25, 0.3) is 0 Å². The molecule has 0 spiro atoms. The van der Waals surface area contributed by atoms with E-state index in [1.165, 1.54) is 0 Å². The van der Waals surface area contributed by atoms with E-state index < -0.39 is 18.6 Å². The van der Waals surface area contributed by atoms with Crippen LogP contribution < -0.4 is 0 Å². The molecule has 0 bridgehead atoms. The van der Waals surface area contributed by atoms with Crippen molar-refractivity contribution < 1.29 is 23.0 Å². The summed E-state index contributed by atoms with van der Waals surface area (Å²) in [5, 5.41) is 10.3. The van der Waals surface area contributed by atoms with Crippen molar-refractivity contribution in [3.63, 3.8) is 0 Å². The largest absolute Gasteiger partial charge is 0.354 e. The summed E-state index contributed by atoms with van der Waals surface area (Å²) in [6.07, 6.45) is 0.680. The number of ether oxygens (including phenoxy) is 1. The molecule has 0 aromatic carbocycles. The molecule has 1 radical (unpaired) electrons. The number of hydrogen-bond acceptors (Lipinski definition) is 1. The van der Waals surface area contributed by atoms with Crippen molar-refractivity contribution in [2.45, 2.75) is 25.5 Å². The molecular formula is C5H6F3O2. The first-order chi connectivity index (χ1) is 4.52. The highest BCUT2D eigenvalue weighted by Gasteiger charge is 2.49. The lowest BCUT2D eigenvalue weighted by Gasteiger charge is -2.14. The highest BCUT2D eigenvalue weighted by atomic mass is 19.3. The van der Waals surface area contributed by atoms with E-state index in [0.29, 0.717) is 12.8 Å². The Morgan fingerprint density at radius 3 is 2.30 bits per heavy atom. The molecule has 1 rings (SSSR count). The molecule has 0 saturated heterocycles. The Labute approximate surface area is 55.6 Å². The second-order valence-electron chi connectivity index (χ2n) is 2.24. The third-order valence-corrected chi connectivity index (χ3v) is 1.31. The van der Waals surface area contributed by atoms with Gasteiger partial charge in [0.05, 0.1) is 0 Å². The van der Waals surface area contributed by atoms with Crippen molar-refractivity contribution in [3.8, 4) is 0 Å². The van der Waals surface area contributed by atoms with Crippen LogP contribution in [0.15, 0.2) is 0 Å². The van der Waals surface area contributed by atoms with Crippen molar-refractivity contribution in [2.24, 2.45) is 5.92 Å². The molecule has 1 aliphatic carbocycles. The Balaban J connectivity index is 2.34. The van der Waals surface area contributed by atoms with E-state index in [-0.39, 0.29) is 0 Å². The molecule has 1 aliphatic rings. The van der Waals surface area contributed by atoms with Crippen LogP contribution >= 0.6 is 0 Å². The molecule has 1 atom stereocenters. The minimum atomic E-state index is -3.37. The third kappa shape index (κ3) is 1.85. The maximum atomic E-state index is 12.3. The van der Waals surface area contributed by atoms with Crippen LogP contribution in [0, 0.1) is 5.92 Å². The lowest BCUT2D eigenvalue weighted by molar-refractivity contribution is -0.388. The minimum Gasteiger partial charge on any atom is -0.259 e. The van der Waals surface area contributed by atoms with Crippen LogP contribution in [0.5, 0.6) is 0 Å². The Morgan fingerprint density at radius 2 is 2.00 bits per heavy atom. The monoisotopic (exact) mass is 155 g/mol. The van der Waals surface area contributed by atoms with Crippen LogP contribution in [0.4, 0.5) is 13.2 Å². The topological polar surface area (TPSA) is 29.1 Å². The number of alkyl halides is 3. The van der Waals surface area contributed by atoms with E-state index in [4.69, 9.17) is 0 Å². The molecule has 0 N–H and O–H groups in total. The molecule has 1 unspecified atom stereocenters. The van der Waals surface area contributed by atoms with Crippen molar-refractivity contribution in [2.75, 3.05) is 0 Å². The second-order valence-corrected chi connectivity index (χ2v) is 2.24. The minimum absolute atomic E-state index is 0.340. The zero-order valence-corrected chi connectivity index (χ0v) is 5.02. The summed E-state index contributed by atoms with van der Waals surface area (Å²) in [5.41, 5.74) is 0. The van der Waals surface area contributed by atoms with E-state index >= 15 is 0 Å². The first kappa shape index (κ1) is 7.81. The van der Waals surface area contributed by atoms with Gasteiger partial charge in [-0.25, -0.2) is 0 Å². The predicted molar refractivity (Wildman–Crippen MR) is 24.3 cm³/mol. The van der Waals surface area contributed by atoms with Crippen molar-refractivity contribution >= 4 is 0 Å². The molecule has 1 fully saturated rings.